The van der Waals surface area contributed by atoms with Gasteiger partial charge in [-0.3, -0.25) is 9.29 Å². The lowest BCUT2D eigenvalue weighted by Crippen LogP contribution is -2.33. The summed E-state index contributed by atoms with van der Waals surface area (Å²) in [6.07, 6.45) is 2.54. The van der Waals surface area contributed by atoms with Crippen molar-refractivity contribution in [3.63, 3.8) is 0 Å². The van der Waals surface area contributed by atoms with E-state index in [0.717, 1.165) is 0 Å². The number of nitrogens with zero attached hydrogens (tertiary/aromatic N) is 6. The van der Waals surface area contributed by atoms with Gasteiger partial charge in [-0.1, -0.05) is 24.6 Å². The number of methoxy groups -OCH3 is 2. The van der Waals surface area contributed by atoms with E-state index in [1.165, 1.54) is 33.5 Å². The molecule has 178 valence electrons. The number of halogens is 1. The van der Waals surface area contributed by atoms with Gasteiger partial charge < -0.3 is 9.47 Å². The molecule has 0 fully saturated rings. The number of pyridine rings is 1. The molecule has 0 unspecified atom stereocenters. The molecular weight excluding hydrogens is 470 g/mol. The van der Waals surface area contributed by atoms with Gasteiger partial charge in [0.15, 0.2) is 11.6 Å². The molecule has 0 aliphatic rings. The number of nitrogens with one attached hydrogen (secondary N) is 1. The minimum Gasteiger partial charge on any atom is -0.481 e. The van der Waals surface area contributed by atoms with Crippen LogP contribution in [-0.2, 0) is 14.8 Å². The summed E-state index contributed by atoms with van der Waals surface area (Å²) in [5.41, 5.74) is 0.505. The van der Waals surface area contributed by atoms with Crippen molar-refractivity contribution in [2.45, 2.75) is 44.6 Å². The number of anilines is 1. The minimum atomic E-state index is -3.99. The Morgan fingerprint density at radius 2 is 1.85 bits per heavy atom. The van der Waals surface area contributed by atoms with Gasteiger partial charge in [-0.05, 0) is 26.3 Å². The maximum atomic E-state index is 13.3. The summed E-state index contributed by atoms with van der Waals surface area (Å²) in [5.74, 6) is 1.10. The average molecular weight is 496 g/mol. The van der Waals surface area contributed by atoms with Gasteiger partial charge in [0.05, 0.1) is 12.1 Å². The van der Waals surface area contributed by atoms with Crippen LogP contribution in [-0.4, -0.2) is 57.6 Å². The first-order valence-corrected chi connectivity index (χ1v) is 12.1. The Labute approximate surface area is 197 Å². The average Bonchev–Trinajstić information content (AvgIpc) is 3.23. The van der Waals surface area contributed by atoms with Crippen LogP contribution >= 0.6 is 11.6 Å². The second kappa shape index (κ2) is 10.4. The predicted octanol–water partition coefficient (Wildman–Crippen LogP) is 3.28. The molecule has 3 aromatic rings. The normalized spacial score (nSPS) is 14.5. The van der Waals surface area contributed by atoms with Crippen molar-refractivity contribution in [1.82, 2.24) is 29.7 Å². The molecule has 0 bridgehead atoms. The Morgan fingerprint density at radius 1 is 1.15 bits per heavy atom. The third-order valence-electron chi connectivity index (χ3n) is 5.19. The van der Waals surface area contributed by atoms with Crippen LogP contribution in [0.3, 0.4) is 0 Å². The van der Waals surface area contributed by atoms with E-state index in [2.05, 4.69) is 29.9 Å². The monoisotopic (exact) mass is 495 g/mol. The molecule has 13 heteroatoms. The molecule has 0 saturated heterocycles. The fourth-order valence-electron chi connectivity index (χ4n) is 3.15. The fraction of sp³-hybridized carbons (Fsp3) is 0.450. The van der Waals surface area contributed by atoms with Crippen molar-refractivity contribution in [2.24, 2.45) is 0 Å². The zero-order valence-corrected chi connectivity index (χ0v) is 20.5. The summed E-state index contributed by atoms with van der Waals surface area (Å²) in [4.78, 5) is 12.6. The fourth-order valence-corrected chi connectivity index (χ4v) is 4.38. The lowest BCUT2D eigenvalue weighted by molar-refractivity contribution is 0.0950. The zero-order chi connectivity index (χ0) is 24.2. The lowest BCUT2D eigenvalue weighted by Gasteiger charge is -2.23. The van der Waals surface area contributed by atoms with E-state index >= 15 is 0 Å². The van der Waals surface area contributed by atoms with Gasteiger partial charge >= 0.3 is 0 Å². The lowest BCUT2D eigenvalue weighted by atomic mass is 10.2. The molecule has 3 atom stereocenters. The van der Waals surface area contributed by atoms with Crippen LogP contribution < -0.4 is 9.46 Å². The molecule has 0 saturated carbocycles. The van der Waals surface area contributed by atoms with Gasteiger partial charge in [0.1, 0.15) is 17.0 Å². The van der Waals surface area contributed by atoms with Crippen LogP contribution in [0.5, 0.6) is 5.88 Å². The maximum Gasteiger partial charge on any atom is 0.240 e. The summed E-state index contributed by atoms with van der Waals surface area (Å²) < 4.78 is 41.4. The van der Waals surface area contributed by atoms with E-state index < -0.39 is 21.4 Å². The maximum absolute atomic E-state index is 13.3. The summed E-state index contributed by atoms with van der Waals surface area (Å²) in [6, 6.07) is 5.12. The van der Waals surface area contributed by atoms with Gasteiger partial charge in [-0.25, -0.2) is 23.4 Å². The summed E-state index contributed by atoms with van der Waals surface area (Å²) in [6.45, 7) is 5.42. The Kier molecular flexibility index (Phi) is 7.82. The molecule has 1 N–H and O–H groups in total. The van der Waals surface area contributed by atoms with Gasteiger partial charge in [0.2, 0.25) is 21.9 Å². The third kappa shape index (κ3) is 5.40. The summed E-state index contributed by atoms with van der Waals surface area (Å²) >= 11 is 5.84. The Bertz CT molecular complexity index is 1190. The van der Waals surface area contributed by atoms with Crippen LogP contribution in [0.25, 0.3) is 11.5 Å². The molecule has 0 spiro atoms. The van der Waals surface area contributed by atoms with Gasteiger partial charge in [0, 0.05) is 31.6 Å². The largest absolute Gasteiger partial charge is 0.481 e. The van der Waals surface area contributed by atoms with Crippen molar-refractivity contribution in [3.05, 3.63) is 41.4 Å². The molecule has 11 nitrogen and oxygen atoms in total. The molecule has 0 aromatic carbocycles. The summed E-state index contributed by atoms with van der Waals surface area (Å²) in [7, 11) is -1.08. The van der Waals surface area contributed by atoms with Crippen molar-refractivity contribution in [2.75, 3.05) is 18.9 Å². The van der Waals surface area contributed by atoms with Crippen molar-refractivity contribution < 1.29 is 17.9 Å². The highest BCUT2D eigenvalue weighted by atomic mass is 35.5. The molecule has 33 heavy (non-hydrogen) atoms. The van der Waals surface area contributed by atoms with Crippen LogP contribution in [0.1, 0.15) is 45.2 Å². The molecule has 0 amide bonds. The van der Waals surface area contributed by atoms with Gasteiger partial charge in [0.25, 0.3) is 0 Å². The molecule has 3 heterocycles. The van der Waals surface area contributed by atoms with E-state index in [0.29, 0.717) is 28.8 Å². The second-order valence-corrected chi connectivity index (χ2v) is 9.78. The van der Waals surface area contributed by atoms with Gasteiger partial charge in [-0.15, -0.1) is 10.2 Å². The minimum absolute atomic E-state index is 0.0719. The first-order chi connectivity index (χ1) is 15.7. The number of hydrogen-bond acceptors (Lipinski definition) is 9. The highest BCUT2D eigenvalue weighted by Crippen LogP contribution is 2.29. The van der Waals surface area contributed by atoms with Crippen molar-refractivity contribution >= 4 is 27.6 Å². The molecule has 0 aliphatic heterocycles. The Hall–Kier alpha value is -2.83. The van der Waals surface area contributed by atoms with E-state index in [1.807, 2.05) is 13.8 Å². The number of hydrogen-bond donors (Lipinski definition) is 1. The first kappa shape index (κ1) is 24.8. The SMILES string of the molecule is CC[C@@H](C)n1c(NS(=O)(=O)[C@@H](C)[C@H](OC)c2ncc(Cl)cn2)nnc1-c1cccc(OC)n1. The van der Waals surface area contributed by atoms with Crippen LogP contribution in [0.4, 0.5) is 5.95 Å². The van der Waals surface area contributed by atoms with Crippen molar-refractivity contribution in [3.8, 4) is 17.4 Å². The predicted molar refractivity (Wildman–Crippen MR) is 124 cm³/mol. The summed E-state index contributed by atoms with van der Waals surface area (Å²) in [5, 5.41) is 7.60. The quantitative estimate of drug-likeness (QED) is 0.449. The number of aromatic nitrogens is 6. The molecule has 3 aromatic heterocycles. The molecular formula is C20H26ClN7O4S. The Morgan fingerprint density at radius 3 is 2.45 bits per heavy atom. The third-order valence-corrected chi connectivity index (χ3v) is 7.08. The highest BCUT2D eigenvalue weighted by Gasteiger charge is 2.34. The zero-order valence-electron chi connectivity index (χ0n) is 18.9. The van der Waals surface area contributed by atoms with Crippen LogP contribution in [0, 0.1) is 0 Å². The Balaban J connectivity index is 1.97. The van der Waals surface area contributed by atoms with E-state index in [1.54, 1.807) is 22.8 Å². The number of rotatable bonds is 10. The molecule has 0 radical (unpaired) electrons. The van der Waals surface area contributed by atoms with Gasteiger partial charge in [-0.2, -0.15) is 0 Å². The van der Waals surface area contributed by atoms with E-state index in [4.69, 9.17) is 21.1 Å². The van der Waals surface area contributed by atoms with E-state index in [9.17, 15) is 8.42 Å². The second-order valence-electron chi connectivity index (χ2n) is 7.31. The van der Waals surface area contributed by atoms with E-state index in [-0.39, 0.29) is 17.8 Å². The topological polar surface area (TPSA) is 134 Å². The van der Waals surface area contributed by atoms with Crippen LogP contribution in [0.2, 0.25) is 5.02 Å². The molecule has 0 aliphatic carbocycles. The smallest absolute Gasteiger partial charge is 0.240 e. The standard InChI is InChI=1S/C20H26ClN7O4S/c1-6-12(2)28-19(15-8-7-9-16(24-15)31-4)25-26-20(28)27-33(29,30)13(3)17(32-5)18-22-10-14(21)11-23-18/h7-13,17H,6H2,1-5H3,(H,26,27)/t12-,13+,17+/m1/s1. The molecule has 3 rings (SSSR count). The highest BCUT2D eigenvalue weighted by molar-refractivity contribution is 7.93. The first-order valence-electron chi connectivity index (χ1n) is 10.2. The van der Waals surface area contributed by atoms with Crippen LogP contribution in [0.15, 0.2) is 30.6 Å². The number of sulfonamides is 1. The number of ether oxygens (including phenoxy) is 2. The van der Waals surface area contributed by atoms with Crippen molar-refractivity contribution in [1.29, 1.82) is 0 Å².